The first kappa shape index (κ1) is 18.2. The molecule has 7 heteroatoms. The molecule has 1 heterocycles. The smallest absolute Gasteiger partial charge is 0.348 e. The van der Waals surface area contributed by atoms with Gasteiger partial charge in [-0.05, 0) is 45.7 Å². The number of amides is 3. The zero-order valence-electron chi connectivity index (χ0n) is 13.5. The first-order chi connectivity index (χ1) is 10.1. The van der Waals surface area contributed by atoms with Crippen molar-refractivity contribution in [3.63, 3.8) is 0 Å². The van der Waals surface area contributed by atoms with Crippen LogP contribution in [0.5, 0.6) is 0 Å². The molecule has 0 radical (unpaired) electrons. The highest BCUT2D eigenvalue weighted by molar-refractivity contribution is 7.14. The van der Waals surface area contributed by atoms with Gasteiger partial charge < -0.3 is 10.1 Å². The molecule has 0 unspecified atom stereocenters. The highest BCUT2D eigenvalue weighted by atomic mass is 32.1. The SMILES string of the molecule is CCc1sc(C(=O)OCC(=O)NC(=O)NC(C)(C)C)cc1C. The molecule has 0 bridgehead atoms. The number of aryl methyl sites for hydroxylation is 2. The summed E-state index contributed by atoms with van der Waals surface area (Å²) in [6.45, 7) is 8.82. The molecule has 0 fully saturated rings. The van der Waals surface area contributed by atoms with Gasteiger partial charge in [0, 0.05) is 10.4 Å². The summed E-state index contributed by atoms with van der Waals surface area (Å²) in [7, 11) is 0. The number of carbonyl (C=O) groups is 3. The Balaban J connectivity index is 2.46. The summed E-state index contributed by atoms with van der Waals surface area (Å²) in [4.78, 5) is 36.5. The Kier molecular flexibility index (Phi) is 6.11. The Bertz CT molecular complexity index is 573. The molecule has 1 aromatic heterocycles. The molecule has 0 atom stereocenters. The molecule has 2 N–H and O–H groups in total. The largest absolute Gasteiger partial charge is 0.451 e. The van der Waals surface area contributed by atoms with Gasteiger partial charge in [-0.3, -0.25) is 10.1 Å². The first-order valence-corrected chi connectivity index (χ1v) is 7.82. The van der Waals surface area contributed by atoms with Gasteiger partial charge in [-0.25, -0.2) is 9.59 Å². The molecule has 0 aliphatic carbocycles. The third-order valence-corrected chi connectivity index (χ3v) is 3.98. The van der Waals surface area contributed by atoms with Crippen LogP contribution < -0.4 is 10.6 Å². The van der Waals surface area contributed by atoms with Gasteiger partial charge in [-0.15, -0.1) is 11.3 Å². The summed E-state index contributed by atoms with van der Waals surface area (Å²) in [6.07, 6.45) is 0.844. The van der Waals surface area contributed by atoms with Crippen molar-refractivity contribution in [2.24, 2.45) is 0 Å². The summed E-state index contributed by atoms with van der Waals surface area (Å²) >= 11 is 1.36. The molecule has 0 aromatic carbocycles. The minimum absolute atomic E-state index is 0.452. The van der Waals surface area contributed by atoms with E-state index in [1.165, 1.54) is 11.3 Å². The number of hydrogen-bond acceptors (Lipinski definition) is 5. The maximum Gasteiger partial charge on any atom is 0.348 e. The van der Waals surface area contributed by atoms with Crippen LogP contribution in [0.15, 0.2) is 6.07 Å². The zero-order valence-corrected chi connectivity index (χ0v) is 14.3. The molecule has 0 aliphatic heterocycles. The molecular formula is C15H22N2O4S. The molecule has 122 valence electrons. The fourth-order valence-electron chi connectivity index (χ4n) is 1.71. The van der Waals surface area contributed by atoms with Crippen molar-refractivity contribution in [1.82, 2.24) is 10.6 Å². The van der Waals surface area contributed by atoms with Crippen LogP contribution in [0.2, 0.25) is 0 Å². The minimum atomic E-state index is -0.668. The second-order valence-corrected chi connectivity index (χ2v) is 7.04. The molecule has 1 aromatic rings. The van der Waals surface area contributed by atoms with Gasteiger partial charge in [-0.1, -0.05) is 6.92 Å². The zero-order chi connectivity index (χ0) is 16.9. The monoisotopic (exact) mass is 326 g/mol. The van der Waals surface area contributed by atoms with E-state index in [0.717, 1.165) is 16.9 Å². The number of esters is 1. The number of carbonyl (C=O) groups excluding carboxylic acids is 3. The number of nitrogens with one attached hydrogen (secondary N) is 2. The highest BCUT2D eigenvalue weighted by Gasteiger charge is 2.18. The van der Waals surface area contributed by atoms with E-state index >= 15 is 0 Å². The topological polar surface area (TPSA) is 84.5 Å². The molecule has 22 heavy (non-hydrogen) atoms. The average Bonchev–Trinajstić information content (AvgIpc) is 2.74. The van der Waals surface area contributed by atoms with E-state index in [-0.39, 0.29) is 0 Å². The minimum Gasteiger partial charge on any atom is -0.451 e. The van der Waals surface area contributed by atoms with Crippen LogP contribution in [-0.4, -0.2) is 30.1 Å². The van der Waals surface area contributed by atoms with Crippen LogP contribution in [0.3, 0.4) is 0 Å². The maximum absolute atomic E-state index is 11.9. The molecule has 6 nitrogen and oxygen atoms in total. The van der Waals surface area contributed by atoms with Gasteiger partial charge in [-0.2, -0.15) is 0 Å². The molecule has 0 saturated carbocycles. The van der Waals surface area contributed by atoms with Gasteiger partial charge >= 0.3 is 12.0 Å². The van der Waals surface area contributed by atoms with Gasteiger partial charge in [0.25, 0.3) is 5.91 Å². The number of imide groups is 1. The van der Waals surface area contributed by atoms with Crippen molar-refractivity contribution in [2.75, 3.05) is 6.61 Å². The second kappa shape index (κ2) is 7.40. The van der Waals surface area contributed by atoms with Crippen molar-refractivity contribution in [3.05, 3.63) is 21.4 Å². The molecule has 0 saturated heterocycles. The lowest BCUT2D eigenvalue weighted by Crippen LogP contribution is -2.49. The third-order valence-electron chi connectivity index (χ3n) is 2.62. The van der Waals surface area contributed by atoms with Crippen LogP contribution in [0, 0.1) is 6.92 Å². The maximum atomic E-state index is 11.9. The van der Waals surface area contributed by atoms with Gasteiger partial charge in [0.05, 0.1) is 0 Å². The normalized spacial score (nSPS) is 11.0. The number of rotatable bonds is 4. The Morgan fingerprint density at radius 3 is 2.41 bits per heavy atom. The van der Waals surface area contributed by atoms with E-state index in [1.54, 1.807) is 26.8 Å². The lowest BCUT2D eigenvalue weighted by molar-refractivity contribution is -0.123. The number of urea groups is 1. The Morgan fingerprint density at radius 2 is 1.91 bits per heavy atom. The van der Waals surface area contributed by atoms with E-state index in [4.69, 9.17) is 4.74 Å². The molecule has 0 spiro atoms. The quantitative estimate of drug-likeness (QED) is 0.832. The fraction of sp³-hybridized carbons (Fsp3) is 0.533. The number of thiophene rings is 1. The van der Waals surface area contributed by atoms with Gasteiger partial charge in [0.15, 0.2) is 6.61 Å². The van der Waals surface area contributed by atoms with E-state index in [0.29, 0.717) is 4.88 Å². The Labute approximate surface area is 134 Å². The molecular weight excluding hydrogens is 304 g/mol. The van der Waals surface area contributed by atoms with Crippen molar-refractivity contribution >= 4 is 29.2 Å². The summed E-state index contributed by atoms with van der Waals surface area (Å²) in [5.74, 6) is -1.22. The van der Waals surface area contributed by atoms with Crippen molar-refractivity contribution in [1.29, 1.82) is 0 Å². The van der Waals surface area contributed by atoms with Crippen LogP contribution >= 0.6 is 11.3 Å². The van der Waals surface area contributed by atoms with Gasteiger partial charge in [0.2, 0.25) is 0 Å². The van der Waals surface area contributed by atoms with Crippen molar-refractivity contribution < 1.29 is 19.1 Å². The lowest BCUT2D eigenvalue weighted by Gasteiger charge is -2.20. The first-order valence-electron chi connectivity index (χ1n) is 7.00. The second-order valence-electron chi connectivity index (χ2n) is 5.90. The van der Waals surface area contributed by atoms with E-state index in [9.17, 15) is 14.4 Å². The fourth-order valence-corrected chi connectivity index (χ4v) is 2.72. The van der Waals surface area contributed by atoms with Crippen molar-refractivity contribution in [2.45, 2.75) is 46.6 Å². The summed E-state index contributed by atoms with van der Waals surface area (Å²) in [6, 6.07) is 1.13. The van der Waals surface area contributed by atoms with E-state index < -0.39 is 30.1 Å². The van der Waals surface area contributed by atoms with Crippen molar-refractivity contribution in [3.8, 4) is 0 Å². The Hall–Kier alpha value is -1.89. The summed E-state index contributed by atoms with van der Waals surface area (Å²) in [5.41, 5.74) is 0.583. The van der Waals surface area contributed by atoms with Crippen LogP contribution in [0.1, 0.15) is 47.8 Å². The van der Waals surface area contributed by atoms with E-state index in [1.807, 2.05) is 13.8 Å². The van der Waals surface area contributed by atoms with E-state index in [2.05, 4.69) is 10.6 Å². The highest BCUT2D eigenvalue weighted by Crippen LogP contribution is 2.22. The Morgan fingerprint density at radius 1 is 1.27 bits per heavy atom. The lowest BCUT2D eigenvalue weighted by atomic mass is 10.1. The predicted molar refractivity (Wildman–Crippen MR) is 85.1 cm³/mol. The average molecular weight is 326 g/mol. The summed E-state index contributed by atoms with van der Waals surface area (Å²) < 4.78 is 4.91. The molecule has 1 rings (SSSR count). The van der Waals surface area contributed by atoms with Gasteiger partial charge in [0.1, 0.15) is 4.88 Å². The summed E-state index contributed by atoms with van der Waals surface area (Å²) in [5, 5.41) is 4.69. The standard InChI is InChI=1S/C15H22N2O4S/c1-6-10-9(2)7-11(22-10)13(19)21-8-12(18)16-14(20)17-15(3,4)5/h7H,6,8H2,1-5H3,(H2,16,17,18,20). The van der Waals surface area contributed by atoms with Crippen LogP contribution in [0.25, 0.3) is 0 Å². The third kappa shape index (κ3) is 5.85. The predicted octanol–water partition coefficient (Wildman–Crippen LogP) is 2.40. The number of hydrogen-bond donors (Lipinski definition) is 2. The van der Waals surface area contributed by atoms with Crippen LogP contribution in [0.4, 0.5) is 4.79 Å². The molecule has 0 aliphatic rings. The molecule has 3 amide bonds. The van der Waals surface area contributed by atoms with Crippen LogP contribution in [-0.2, 0) is 16.0 Å². The number of ether oxygens (including phenoxy) is 1.